The van der Waals surface area contributed by atoms with Crippen LogP contribution in [0.5, 0.6) is 0 Å². The molecular formula is C16H23N3O13P2. The molecule has 0 amide bonds. The van der Waals surface area contributed by atoms with Gasteiger partial charge in [-0.05, 0) is 6.07 Å². The molecule has 9 N–H and O–H groups in total. The van der Waals surface area contributed by atoms with Crippen molar-refractivity contribution in [1.29, 1.82) is 0 Å². The normalized spacial score (nSPS) is 32.9. The summed E-state index contributed by atoms with van der Waals surface area (Å²) < 4.78 is 39.6. The van der Waals surface area contributed by atoms with E-state index in [-0.39, 0.29) is 11.4 Å². The van der Waals surface area contributed by atoms with Crippen molar-refractivity contribution in [3.8, 4) is 0 Å². The molecule has 34 heavy (non-hydrogen) atoms. The summed E-state index contributed by atoms with van der Waals surface area (Å²) in [5.74, 6) is -0.0997. The molecule has 0 aromatic carbocycles. The van der Waals surface area contributed by atoms with Crippen molar-refractivity contribution in [3.05, 3.63) is 46.0 Å². The van der Waals surface area contributed by atoms with Gasteiger partial charge in [-0.1, -0.05) is 12.2 Å². The number of rotatable bonds is 7. The number of hydrogen-bond donors (Lipinski definition) is 8. The van der Waals surface area contributed by atoms with Crippen LogP contribution in [0.3, 0.4) is 0 Å². The number of phosphoric acid groups is 1. The molecule has 1 aromatic rings. The smallest absolute Gasteiger partial charge is 0.395 e. The van der Waals surface area contributed by atoms with Crippen LogP contribution < -0.4 is 11.4 Å². The van der Waals surface area contributed by atoms with E-state index in [1.807, 2.05) is 0 Å². The molecule has 0 bridgehead atoms. The van der Waals surface area contributed by atoms with E-state index < -0.39 is 76.4 Å². The molecule has 0 radical (unpaired) electrons. The van der Waals surface area contributed by atoms with Crippen LogP contribution in [0.15, 0.2) is 40.3 Å². The maximum absolute atomic E-state index is 12.4. The highest BCUT2D eigenvalue weighted by Gasteiger charge is 2.46. The van der Waals surface area contributed by atoms with Gasteiger partial charge >= 0.3 is 21.1 Å². The Labute approximate surface area is 190 Å². The van der Waals surface area contributed by atoms with Crippen LogP contribution in [0, 0.1) is 0 Å². The number of aliphatic hydroxyl groups excluding tert-OH is 4. The minimum absolute atomic E-state index is 0.0997. The predicted molar refractivity (Wildman–Crippen MR) is 111 cm³/mol. The molecule has 190 valence electrons. The molecule has 16 nitrogen and oxygen atoms in total. The van der Waals surface area contributed by atoms with Crippen LogP contribution in [0.1, 0.15) is 12.6 Å². The highest BCUT2D eigenvalue weighted by molar-refractivity contribution is 7.57. The molecule has 18 heteroatoms. The molecule has 2 heterocycles. The van der Waals surface area contributed by atoms with Crippen molar-refractivity contribution >= 4 is 21.2 Å². The summed E-state index contributed by atoms with van der Waals surface area (Å²) in [5.41, 5.74) is 2.87. The van der Waals surface area contributed by atoms with E-state index in [1.165, 1.54) is 6.07 Å². The van der Waals surface area contributed by atoms with Gasteiger partial charge in [0, 0.05) is 18.2 Å². The first-order valence-electron chi connectivity index (χ1n) is 9.56. The Hall–Kier alpha value is -1.94. The SMILES string of the molecule is Nc1ccn([C@@H]2O[C@H](COP(=O)(O)O/C(=C3\C=CC(O)C(O)C3)P(=O)(O)O)[C@H](O)C2O)c(=O)n1. The zero-order valence-corrected chi connectivity index (χ0v) is 18.9. The van der Waals surface area contributed by atoms with Gasteiger partial charge < -0.3 is 45.2 Å². The van der Waals surface area contributed by atoms with Gasteiger partial charge in [0.25, 0.3) is 0 Å². The number of nitrogens with two attached hydrogens (primary N) is 1. The number of aliphatic hydroxyl groups is 4. The van der Waals surface area contributed by atoms with Gasteiger partial charge in [0.2, 0.25) is 5.50 Å². The quantitative estimate of drug-likeness (QED) is 0.136. The van der Waals surface area contributed by atoms with Crippen molar-refractivity contribution in [3.63, 3.8) is 0 Å². The third-order valence-electron chi connectivity index (χ3n) is 4.92. The minimum atomic E-state index is -5.29. The van der Waals surface area contributed by atoms with E-state index in [1.54, 1.807) is 0 Å². The first-order chi connectivity index (χ1) is 15.7. The van der Waals surface area contributed by atoms with E-state index in [4.69, 9.17) is 10.5 Å². The van der Waals surface area contributed by atoms with Gasteiger partial charge in [-0.3, -0.25) is 18.5 Å². The lowest BCUT2D eigenvalue weighted by Gasteiger charge is -2.24. The summed E-state index contributed by atoms with van der Waals surface area (Å²) in [6.45, 7) is -0.902. The first kappa shape index (κ1) is 26.7. The average molecular weight is 527 g/mol. The number of aromatic nitrogens is 2. The topological polar surface area (TPSA) is 264 Å². The fourth-order valence-electron chi connectivity index (χ4n) is 3.23. The van der Waals surface area contributed by atoms with Crippen LogP contribution in [0.25, 0.3) is 0 Å². The molecular weight excluding hydrogens is 504 g/mol. The van der Waals surface area contributed by atoms with Gasteiger partial charge in [-0.2, -0.15) is 4.98 Å². The van der Waals surface area contributed by atoms with Crippen molar-refractivity contribution in [1.82, 2.24) is 9.55 Å². The maximum Gasteiger partial charge on any atom is 0.527 e. The number of phosphoric ester groups is 1. The molecule has 1 saturated heterocycles. The van der Waals surface area contributed by atoms with Crippen molar-refractivity contribution in [2.24, 2.45) is 0 Å². The van der Waals surface area contributed by atoms with E-state index in [0.29, 0.717) is 0 Å². The largest absolute Gasteiger partial charge is 0.527 e. The third-order valence-corrected chi connectivity index (χ3v) is 6.86. The number of hydrogen-bond acceptors (Lipinski definition) is 12. The molecule has 1 aromatic heterocycles. The molecule has 7 atom stereocenters. The Morgan fingerprint density at radius 2 is 1.88 bits per heavy atom. The predicted octanol–water partition coefficient (Wildman–Crippen LogP) is -2.35. The second-order valence-electron chi connectivity index (χ2n) is 7.44. The summed E-state index contributed by atoms with van der Waals surface area (Å²) >= 11 is 0. The number of anilines is 1. The lowest BCUT2D eigenvalue weighted by atomic mass is 9.98. The fraction of sp³-hybridized carbons (Fsp3) is 0.500. The zero-order chi connectivity index (χ0) is 25.4. The van der Waals surface area contributed by atoms with Gasteiger partial charge in [0.05, 0.1) is 18.8 Å². The van der Waals surface area contributed by atoms with E-state index >= 15 is 0 Å². The van der Waals surface area contributed by atoms with Gasteiger partial charge in [0.15, 0.2) is 6.23 Å². The van der Waals surface area contributed by atoms with Crippen LogP contribution in [0.2, 0.25) is 0 Å². The summed E-state index contributed by atoms with van der Waals surface area (Å²) in [6, 6.07) is 1.23. The molecule has 1 fully saturated rings. The lowest BCUT2D eigenvalue weighted by Crippen LogP contribution is -2.36. The maximum atomic E-state index is 12.4. The summed E-state index contributed by atoms with van der Waals surface area (Å²) in [5, 5.41) is 39.6. The van der Waals surface area contributed by atoms with Crippen LogP contribution in [-0.4, -0.2) is 81.8 Å². The van der Waals surface area contributed by atoms with Crippen LogP contribution in [0.4, 0.5) is 5.82 Å². The molecule has 1 aliphatic carbocycles. The number of ether oxygens (including phenoxy) is 1. The highest BCUT2D eigenvalue weighted by atomic mass is 31.2. The van der Waals surface area contributed by atoms with E-state index in [2.05, 4.69) is 14.0 Å². The fourth-order valence-corrected chi connectivity index (χ4v) is 5.23. The molecule has 3 rings (SSSR count). The first-order valence-corrected chi connectivity index (χ1v) is 12.7. The monoisotopic (exact) mass is 527 g/mol. The number of nitrogens with zero attached hydrogens (tertiary/aromatic N) is 2. The second-order valence-corrected chi connectivity index (χ2v) is 10.3. The Balaban J connectivity index is 1.74. The molecule has 2 aliphatic rings. The lowest BCUT2D eigenvalue weighted by molar-refractivity contribution is -0.0544. The van der Waals surface area contributed by atoms with E-state index in [9.17, 15) is 49.0 Å². The van der Waals surface area contributed by atoms with Crippen LogP contribution >= 0.6 is 15.4 Å². The standard InChI is InChI=1S/C16H23N3O13P2/c17-11-3-4-19(16(24)18-11)14-13(23)12(22)10(31-14)6-30-34(28,29)32-15(33(25,26)27)7-1-2-8(20)9(21)5-7/h1-4,8-10,12-14,20-23H,5-6H2,(H,28,29)(H2,17,18,24)(H2,25,26,27)/b15-7-/t8?,9?,10-,12+,13?,14-/m1/s1. The Kier molecular flexibility index (Phi) is 7.82. The Morgan fingerprint density at radius 3 is 2.47 bits per heavy atom. The third kappa shape index (κ3) is 6.00. The van der Waals surface area contributed by atoms with Gasteiger partial charge in [0.1, 0.15) is 24.1 Å². The van der Waals surface area contributed by atoms with Crippen molar-refractivity contribution < 1.29 is 58.0 Å². The molecule has 1 aliphatic heterocycles. The summed E-state index contributed by atoms with van der Waals surface area (Å²) in [7, 11) is -10.5. The second kappa shape index (κ2) is 9.97. The minimum Gasteiger partial charge on any atom is -0.395 e. The summed E-state index contributed by atoms with van der Waals surface area (Å²) in [6.07, 6.45) is -6.40. The average Bonchev–Trinajstić information content (AvgIpc) is 3.00. The molecule has 4 unspecified atom stereocenters. The van der Waals surface area contributed by atoms with E-state index in [0.717, 1.165) is 22.9 Å². The number of nitrogen functional groups attached to an aromatic ring is 1. The summed E-state index contributed by atoms with van der Waals surface area (Å²) in [4.78, 5) is 44.5. The van der Waals surface area contributed by atoms with Crippen molar-refractivity contribution in [2.45, 2.75) is 43.2 Å². The number of allylic oxidation sites excluding steroid dienone is 1. The molecule has 0 spiro atoms. The van der Waals surface area contributed by atoms with Gasteiger partial charge in [-0.15, -0.1) is 0 Å². The van der Waals surface area contributed by atoms with Gasteiger partial charge in [-0.25, -0.2) is 9.36 Å². The van der Waals surface area contributed by atoms with Crippen molar-refractivity contribution in [2.75, 3.05) is 12.3 Å². The zero-order valence-electron chi connectivity index (χ0n) is 17.1. The Bertz CT molecular complexity index is 1130. The highest BCUT2D eigenvalue weighted by Crippen LogP contribution is 2.58. The van der Waals surface area contributed by atoms with Crippen LogP contribution in [-0.2, 0) is 22.9 Å². The Morgan fingerprint density at radius 1 is 1.21 bits per heavy atom. The molecule has 0 saturated carbocycles.